The maximum atomic E-state index is 12.8. The fourth-order valence-electron chi connectivity index (χ4n) is 5.20. The van der Waals surface area contributed by atoms with Crippen molar-refractivity contribution in [1.29, 1.82) is 0 Å². The Labute approximate surface area is 171 Å². The van der Waals surface area contributed by atoms with E-state index in [1.165, 1.54) is 19.3 Å². The summed E-state index contributed by atoms with van der Waals surface area (Å²) in [6.45, 7) is 6.08. The molecule has 7 nitrogen and oxygen atoms in total. The summed E-state index contributed by atoms with van der Waals surface area (Å²) in [6, 6.07) is 6.33. The zero-order valence-electron chi connectivity index (χ0n) is 17.4. The fourth-order valence-corrected chi connectivity index (χ4v) is 5.20. The van der Waals surface area contributed by atoms with Gasteiger partial charge in [0.1, 0.15) is 16.8 Å². The van der Waals surface area contributed by atoms with Gasteiger partial charge in [-0.15, -0.1) is 0 Å². The Morgan fingerprint density at radius 3 is 2.76 bits per heavy atom. The maximum absolute atomic E-state index is 12.8. The minimum absolute atomic E-state index is 0.132. The smallest absolute Gasteiger partial charge is 0.299 e. The molecule has 1 aromatic carbocycles. The van der Waals surface area contributed by atoms with Crippen molar-refractivity contribution in [3.8, 4) is 5.75 Å². The molecule has 7 heteroatoms. The van der Waals surface area contributed by atoms with Gasteiger partial charge in [-0.25, -0.2) is 0 Å². The van der Waals surface area contributed by atoms with E-state index in [-0.39, 0.29) is 11.7 Å². The van der Waals surface area contributed by atoms with E-state index in [1.807, 2.05) is 4.90 Å². The number of piperidine rings is 2. The summed E-state index contributed by atoms with van der Waals surface area (Å²) in [5, 5.41) is 9.74. The van der Waals surface area contributed by atoms with Crippen molar-refractivity contribution in [3.63, 3.8) is 0 Å². The lowest BCUT2D eigenvalue weighted by molar-refractivity contribution is -0.124. The van der Waals surface area contributed by atoms with Gasteiger partial charge in [0, 0.05) is 31.2 Å². The van der Waals surface area contributed by atoms with Crippen LogP contribution in [0.3, 0.4) is 0 Å². The van der Waals surface area contributed by atoms with E-state index in [0.29, 0.717) is 48.6 Å². The van der Waals surface area contributed by atoms with E-state index in [4.69, 9.17) is 10.2 Å². The Kier molecular flexibility index (Phi) is 5.42. The topological polar surface area (TPSA) is 95.8 Å². The molecule has 1 unspecified atom stereocenters. The summed E-state index contributed by atoms with van der Waals surface area (Å²) in [5.41, 5.74) is 6.41. The number of rotatable bonds is 5. The largest absolute Gasteiger partial charge is 0.508 e. The molecule has 2 aliphatic heterocycles. The number of aromatic nitrogens is 1. The Morgan fingerprint density at radius 1 is 1.28 bits per heavy atom. The average molecular weight is 401 g/mol. The number of nitrogens with zero attached hydrogens (tertiary/aromatic N) is 3. The van der Waals surface area contributed by atoms with Crippen molar-refractivity contribution >= 4 is 23.0 Å². The van der Waals surface area contributed by atoms with Crippen LogP contribution in [0.2, 0.25) is 0 Å². The fraction of sp³-hybridized carbons (Fsp3) is 0.636. The standard InChI is InChI=1S/C22H32N4O3/c1-15-6-5-7-16(2)25(15)13-11-22(20(23)28)10-3-4-12-26(22)21-24-18-9-8-17(27)14-19(18)29-21/h8-9,14-16,27H,3-7,10-13H2,1-2H3,(H2,23,28)/t15-,16+,22?. The number of anilines is 1. The molecular weight excluding hydrogens is 368 g/mol. The van der Waals surface area contributed by atoms with Gasteiger partial charge in [0.2, 0.25) is 5.91 Å². The number of aromatic hydroxyl groups is 1. The highest BCUT2D eigenvalue weighted by Crippen LogP contribution is 2.38. The van der Waals surface area contributed by atoms with Crippen LogP contribution < -0.4 is 10.6 Å². The van der Waals surface area contributed by atoms with Gasteiger partial charge in [0.25, 0.3) is 6.01 Å². The number of benzene rings is 1. The average Bonchev–Trinajstić information content (AvgIpc) is 3.10. The zero-order valence-corrected chi connectivity index (χ0v) is 17.4. The van der Waals surface area contributed by atoms with Crippen LogP contribution in [0, 0.1) is 0 Å². The van der Waals surface area contributed by atoms with Gasteiger partial charge in [-0.05, 0) is 64.5 Å². The molecule has 1 aromatic heterocycles. The maximum Gasteiger partial charge on any atom is 0.299 e. The molecule has 1 amide bonds. The Hall–Kier alpha value is -2.28. The van der Waals surface area contributed by atoms with E-state index in [9.17, 15) is 9.90 Å². The van der Waals surface area contributed by atoms with E-state index in [0.717, 1.165) is 19.4 Å². The Morgan fingerprint density at radius 2 is 2.03 bits per heavy atom. The second kappa shape index (κ2) is 7.86. The van der Waals surface area contributed by atoms with Gasteiger partial charge in [0.15, 0.2) is 5.58 Å². The lowest BCUT2D eigenvalue weighted by Crippen LogP contribution is -2.62. The number of amides is 1. The van der Waals surface area contributed by atoms with Crippen molar-refractivity contribution in [2.45, 2.75) is 76.4 Å². The molecule has 0 bridgehead atoms. The molecule has 3 heterocycles. The number of nitrogens with two attached hydrogens (primary N) is 1. The predicted octanol–water partition coefficient (Wildman–Crippen LogP) is 3.40. The number of likely N-dealkylation sites (tertiary alicyclic amines) is 1. The van der Waals surface area contributed by atoms with Crippen molar-refractivity contribution in [3.05, 3.63) is 18.2 Å². The summed E-state index contributed by atoms with van der Waals surface area (Å²) in [7, 11) is 0. The molecule has 0 aliphatic carbocycles. The first-order valence-electron chi connectivity index (χ1n) is 10.8. The monoisotopic (exact) mass is 400 g/mol. The number of phenolic OH excluding ortho intramolecular Hbond substituents is 1. The first kappa shape index (κ1) is 20.0. The summed E-state index contributed by atoms with van der Waals surface area (Å²) >= 11 is 0. The van der Waals surface area contributed by atoms with Crippen molar-refractivity contribution in [2.24, 2.45) is 5.73 Å². The number of fused-ring (bicyclic) bond motifs is 1. The van der Waals surface area contributed by atoms with Crippen LogP contribution in [0.15, 0.2) is 22.6 Å². The molecule has 0 saturated carbocycles. The highest BCUT2D eigenvalue weighted by atomic mass is 16.4. The van der Waals surface area contributed by atoms with Crippen LogP contribution in [-0.2, 0) is 4.79 Å². The molecular formula is C22H32N4O3. The van der Waals surface area contributed by atoms with Crippen molar-refractivity contribution in [1.82, 2.24) is 9.88 Å². The SMILES string of the molecule is C[C@@H]1CCC[C@H](C)N1CCC1(C(N)=O)CCCCN1c1nc2ccc(O)cc2o1. The normalized spacial score (nSPS) is 28.7. The summed E-state index contributed by atoms with van der Waals surface area (Å²) in [5.74, 6) is -0.173. The van der Waals surface area contributed by atoms with E-state index >= 15 is 0 Å². The number of carbonyl (C=O) groups is 1. The summed E-state index contributed by atoms with van der Waals surface area (Å²) < 4.78 is 5.96. The molecule has 2 saturated heterocycles. The van der Waals surface area contributed by atoms with Gasteiger partial charge in [-0.3, -0.25) is 9.69 Å². The van der Waals surface area contributed by atoms with E-state index in [1.54, 1.807) is 18.2 Å². The lowest BCUT2D eigenvalue weighted by Gasteiger charge is -2.46. The third kappa shape index (κ3) is 3.68. The Bertz CT molecular complexity index is 872. The van der Waals surface area contributed by atoms with Gasteiger partial charge in [-0.1, -0.05) is 6.42 Å². The molecule has 0 radical (unpaired) electrons. The van der Waals surface area contributed by atoms with Crippen LogP contribution in [-0.4, -0.2) is 51.6 Å². The lowest BCUT2D eigenvalue weighted by atomic mass is 9.82. The number of phenols is 1. The molecule has 0 spiro atoms. The van der Waals surface area contributed by atoms with Crippen molar-refractivity contribution in [2.75, 3.05) is 18.0 Å². The van der Waals surface area contributed by atoms with Gasteiger partial charge in [0.05, 0.1) is 0 Å². The molecule has 29 heavy (non-hydrogen) atoms. The molecule has 2 aliphatic rings. The second-order valence-corrected chi connectivity index (χ2v) is 8.77. The number of carbonyl (C=O) groups excluding carboxylic acids is 1. The molecule has 3 N–H and O–H groups in total. The number of oxazole rings is 1. The van der Waals surface area contributed by atoms with Crippen molar-refractivity contribution < 1.29 is 14.3 Å². The van der Waals surface area contributed by atoms with Crippen LogP contribution in [0.1, 0.15) is 58.8 Å². The van der Waals surface area contributed by atoms with Gasteiger partial charge < -0.3 is 20.2 Å². The first-order valence-corrected chi connectivity index (χ1v) is 10.8. The quantitative estimate of drug-likeness (QED) is 0.799. The molecule has 2 aromatic rings. The predicted molar refractivity (Wildman–Crippen MR) is 113 cm³/mol. The van der Waals surface area contributed by atoms with Crippen LogP contribution >= 0.6 is 0 Å². The van der Waals surface area contributed by atoms with E-state index < -0.39 is 5.54 Å². The number of hydrogen-bond donors (Lipinski definition) is 2. The first-order chi connectivity index (χ1) is 13.9. The zero-order chi connectivity index (χ0) is 20.6. The van der Waals surface area contributed by atoms with Gasteiger partial charge in [-0.2, -0.15) is 4.98 Å². The summed E-state index contributed by atoms with van der Waals surface area (Å²) in [4.78, 5) is 21.9. The molecule has 2 fully saturated rings. The number of primary amides is 1. The molecule has 4 rings (SSSR count). The molecule has 3 atom stereocenters. The minimum atomic E-state index is -0.794. The second-order valence-electron chi connectivity index (χ2n) is 8.77. The van der Waals surface area contributed by atoms with E-state index in [2.05, 4.69) is 23.7 Å². The summed E-state index contributed by atoms with van der Waals surface area (Å²) in [6.07, 6.45) is 6.98. The van der Waals surface area contributed by atoms with Crippen LogP contribution in [0.5, 0.6) is 5.75 Å². The minimum Gasteiger partial charge on any atom is -0.508 e. The third-order valence-corrected chi connectivity index (χ3v) is 6.95. The van der Waals surface area contributed by atoms with Crippen LogP contribution in [0.4, 0.5) is 6.01 Å². The highest BCUT2D eigenvalue weighted by molar-refractivity contribution is 5.89. The Balaban J connectivity index is 1.64. The van der Waals surface area contributed by atoms with Gasteiger partial charge >= 0.3 is 0 Å². The number of hydrogen-bond acceptors (Lipinski definition) is 6. The molecule has 158 valence electrons. The van der Waals surface area contributed by atoms with Crippen LogP contribution in [0.25, 0.3) is 11.1 Å². The third-order valence-electron chi connectivity index (χ3n) is 6.95. The highest BCUT2D eigenvalue weighted by Gasteiger charge is 2.46.